The number of sulfone groups is 1. The minimum absolute atomic E-state index is 0.00118. The number of aryl methyl sites for hydroxylation is 1. The zero-order valence-corrected chi connectivity index (χ0v) is 11.9. The maximum Gasteiger partial charge on any atom is 0.319 e. The Morgan fingerprint density at radius 2 is 2.00 bits per heavy atom. The van der Waals surface area contributed by atoms with Crippen LogP contribution in [-0.2, 0) is 9.84 Å². The van der Waals surface area contributed by atoms with E-state index in [1.807, 2.05) is 31.2 Å². The first kappa shape index (κ1) is 13.9. The topological polar surface area (TPSA) is 75.3 Å². The second-order valence-corrected chi connectivity index (χ2v) is 7.48. The first-order valence-electron chi connectivity index (χ1n) is 6.15. The Morgan fingerprint density at radius 1 is 1.32 bits per heavy atom. The molecular weight excluding hydrogens is 264 g/mol. The average molecular weight is 282 g/mol. The maximum absolute atomic E-state index is 11.9. The molecule has 0 saturated carbocycles. The number of nitrogens with one attached hydrogen (secondary N) is 2. The molecule has 0 aliphatic carbocycles. The van der Waals surface area contributed by atoms with E-state index in [1.165, 1.54) is 0 Å². The highest BCUT2D eigenvalue weighted by Gasteiger charge is 2.39. The summed E-state index contributed by atoms with van der Waals surface area (Å²) in [6, 6.07) is 7.07. The van der Waals surface area contributed by atoms with Gasteiger partial charge in [-0.05, 0) is 31.9 Å². The van der Waals surface area contributed by atoms with Crippen LogP contribution in [0.25, 0.3) is 0 Å². The second kappa shape index (κ2) is 4.85. The van der Waals surface area contributed by atoms with Crippen molar-refractivity contribution in [1.29, 1.82) is 0 Å². The number of amides is 2. The number of para-hydroxylation sites is 1. The van der Waals surface area contributed by atoms with E-state index in [-0.39, 0.29) is 17.5 Å². The summed E-state index contributed by atoms with van der Waals surface area (Å²) in [5, 5.41) is 5.50. The van der Waals surface area contributed by atoms with Gasteiger partial charge in [0, 0.05) is 5.69 Å². The van der Waals surface area contributed by atoms with Crippen molar-refractivity contribution >= 4 is 21.6 Å². The van der Waals surface area contributed by atoms with Crippen molar-refractivity contribution in [2.75, 3.05) is 16.8 Å². The van der Waals surface area contributed by atoms with Crippen LogP contribution in [0.1, 0.15) is 18.9 Å². The molecule has 1 aromatic carbocycles. The third-order valence-corrected chi connectivity index (χ3v) is 5.21. The van der Waals surface area contributed by atoms with Crippen LogP contribution in [0, 0.1) is 6.92 Å². The number of hydrogen-bond acceptors (Lipinski definition) is 3. The van der Waals surface area contributed by atoms with Gasteiger partial charge < -0.3 is 10.6 Å². The van der Waals surface area contributed by atoms with Crippen molar-refractivity contribution in [2.45, 2.75) is 25.8 Å². The summed E-state index contributed by atoms with van der Waals surface area (Å²) >= 11 is 0. The van der Waals surface area contributed by atoms with E-state index >= 15 is 0 Å². The summed E-state index contributed by atoms with van der Waals surface area (Å²) in [7, 11) is -3.02. The van der Waals surface area contributed by atoms with Crippen molar-refractivity contribution in [1.82, 2.24) is 5.32 Å². The maximum atomic E-state index is 11.9. The quantitative estimate of drug-likeness (QED) is 0.867. The van der Waals surface area contributed by atoms with Gasteiger partial charge in [-0.1, -0.05) is 18.2 Å². The van der Waals surface area contributed by atoms with Gasteiger partial charge in [0.1, 0.15) is 0 Å². The molecule has 1 unspecified atom stereocenters. The largest absolute Gasteiger partial charge is 0.332 e. The molecule has 1 aliphatic rings. The zero-order chi connectivity index (χ0) is 14.1. The van der Waals surface area contributed by atoms with E-state index in [4.69, 9.17) is 0 Å². The van der Waals surface area contributed by atoms with E-state index in [0.717, 1.165) is 11.3 Å². The number of anilines is 1. The van der Waals surface area contributed by atoms with Crippen LogP contribution in [0.2, 0.25) is 0 Å². The van der Waals surface area contributed by atoms with E-state index in [2.05, 4.69) is 10.6 Å². The van der Waals surface area contributed by atoms with E-state index in [1.54, 1.807) is 6.92 Å². The third-order valence-electron chi connectivity index (χ3n) is 3.31. The van der Waals surface area contributed by atoms with Crippen LogP contribution in [0.15, 0.2) is 24.3 Å². The van der Waals surface area contributed by atoms with Crippen molar-refractivity contribution in [3.8, 4) is 0 Å². The van der Waals surface area contributed by atoms with Crippen LogP contribution in [-0.4, -0.2) is 31.5 Å². The molecule has 104 valence electrons. The summed E-state index contributed by atoms with van der Waals surface area (Å²) in [6.07, 6.45) is 0.455. The lowest BCUT2D eigenvalue weighted by atomic mass is 10.0. The van der Waals surface area contributed by atoms with E-state index in [0.29, 0.717) is 6.42 Å². The van der Waals surface area contributed by atoms with Gasteiger partial charge in [-0.3, -0.25) is 0 Å². The molecule has 1 heterocycles. The van der Waals surface area contributed by atoms with E-state index in [9.17, 15) is 13.2 Å². The molecule has 6 heteroatoms. The van der Waals surface area contributed by atoms with Crippen molar-refractivity contribution in [3.05, 3.63) is 29.8 Å². The van der Waals surface area contributed by atoms with Crippen LogP contribution < -0.4 is 10.6 Å². The highest BCUT2D eigenvalue weighted by Crippen LogP contribution is 2.23. The average Bonchev–Trinajstić information content (AvgIpc) is 2.56. The fourth-order valence-electron chi connectivity index (χ4n) is 2.25. The number of hydrogen-bond donors (Lipinski definition) is 2. The van der Waals surface area contributed by atoms with Gasteiger partial charge in [0.15, 0.2) is 9.84 Å². The lowest BCUT2D eigenvalue weighted by Crippen LogP contribution is -2.48. The smallest absolute Gasteiger partial charge is 0.319 e. The van der Waals surface area contributed by atoms with Crippen molar-refractivity contribution < 1.29 is 13.2 Å². The first-order chi connectivity index (χ1) is 8.80. The fourth-order valence-corrected chi connectivity index (χ4v) is 4.34. The highest BCUT2D eigenvalue weighted by molar-refractivity contribution is 7.91. The Kier molecular flexibility index (Phi) is 3.54. The molecule has 2 amide bonds. The van der Waals surface area contributed by atoms with Gasteiger partial charge in [0.2, 0.25) is 0 Å². The van der Waals surface area contributed by atoms with Gasteiger partial charge in [0.25, 0.3) is 0 Å². The summed E-state index contributed by atoms with van der Waals surface area (Å²) in [5.41, 5.74) is 1.01. The molecule has 2 N–H and O–H groups in total. The Balaban J connectivity index is 2.01. The Hall–Kier alpha value is -1.56. The molecule has 19 heavy (non-hydrogen) atoms. The van der Waals surface area contributed by atoms with E-state index < -0.39 is 15.4 Å². The Bertz CT molecular complexity index is 598. The molecule has 2 rings (SSSR count). The molecule has 1 saturated heterocycles. The summed E-state index contributed by atoms with van der Waals surface area (Å²) < 4.78 is 22.9. The fraction of sp³-hybridized carbons (Fsp3) is 0.462. The third kappa shape index (κ3) is 3.47. The van der Waals surface area contributed by atoms with Gasteiger partial charge in [-0.2, -0.15) is 0 Å². The van der Waals surface area contributed by atoms with Gasteiger partial charge in [-0.15, -0.1) is 0 Å². The molecule has 5 nitrogen and oxygen atoms in total. The Morgan fingerprint density at radius 3 is 2.58 bits per heavy atom. The minimum Gasteiger partial charge on any atom is -0.332 e. The number of urea groups is 1. The number of rotatable bonds is 2. The molecule has 1 aliphatic heterocycles. The molecule has 1 aromatic rings. The second-order valence-electron chi connectivity index (χ2n) is 5.30. The molecule has 0 spiro atoms. The zero-order valence-electron chi connectivity index (χ0n) is 11.1. The predicted octanol–water partition coefficient (Wildman–Crippen LogP) is 1.69. The van der Waals surface area contributed by atoms with Crippen LogP contribution >= 0.6 is 0 Å². The SMILES string of the molecule is Cc1ccccc1NC(=O)NC1(C)CCS(=O)(=O)C1. The summed E-state index contributed by atoms with van der Waals surface area (Å²) in [5.74, 6) is 0.134. The predicted molar refractivity (Wildman–Crippen MR) is 75.0 cm³/mol. The number of carbonyl (C=O) groups is 1. The minimum atomic E-state index is -3.02. The number of carbonyl (C=O) groups excluding carboxylic acids is 1. The van der Waals surface area contributed by atoms with Crippen molar-refractivity contribution in [3.63, 3.8) is 0 Å². The molecular formula is C13H18N2O3S. The molecule has 1 fully saturated rings. The normalized spacial score (nSPS) is 24.9. The van der Waals surface area contributed by atoms with Crippen LogP contribution in [0.3, 0.4) is 0 Å². The van der Waals surface area contributed by atoms with Crippen molar-refractivity contribution in [2.24, 2.45) is 0 Å². The monoisotopic (exact) mass is 282 g/mol. The van der Waals surface area contributed by atoms with Gasteiger partial charge in [0.05, 0.1) is 17.0 Å². The van der Waals surface area contributed by atoms with Gasteiger partial charge >= 0.3 is 6.03 Å². The number of benzene rings is 1. The van der Waals surface area contributed by atoms with Gasteiger partial charge in [-0.25, -0.2) is 13.2 Å². The summed E-state index contributed by atoms with van der Waals surface area (Å²) in [4.78, 5) is 11.9. The van der Waals surface area contributed by atoms with Crippen LogP contribution in [0.5, 0.6) is 0 Å². The first-order valence-corrected chi connectivity index (χ1v) is 7.97. The standard InChI is InChI=1S/C13H18N2O3S/c1-10-5-3-4-6-11(10)14-12(16)15-13(2)7-8-19(17,18)9-13/h3-6H,7-9H2,1-2H3,(H2,14,15,16). The summed E-state index contributed by atoms with van der Waals surface area (Å²) in [6.45, 7) is 3.66. The van der Waals surface area contributed by atoms with Crippen LogP contribution in [0.4, 0.5) is 10.5 Å². The lowest BCUT2D eigenvalue weighted by Gasteiger charge is -2.24. The lowest BCUT2D eigenvalue weighted by molar-refractivity contribution is 0.242. The molecule has 1 atom stereocenters. The molecule has 0 aromatic heterocycles. The molecule has 0 bridgehead atoms. The molecule has 0 radical (unpaired) electrons. The highest BCUT2D eigenvalue weighted by atomic mass is 32.2. The Labute approximate surface area is 113 Å².